The van der Waals surface area contributed by atoms with E-state index in [9.17, 15) is 19.5 Å². The molecule has 2 heterocycles. The Bertz CT molecular complexity index is 473. The second-order valence-corrected chi connectivity index (χ2v) is 6.64. The molecule has 0 aliphatic carbocycles. The van der Waals surface area contributed by atoms with E-state index >= 15 is 0 Å². The van der Waals surface area contributed by atoms with Gasteiger partial charge >= 0.3 is 6.03 Å². The Hall–Kier alpha value is -1.63. The molecule has 0 radical (unpaired) electrons. The number of urea groups is 1. The zero-order chi connectivity index (χ0) is 15.8. The molecule has 2 saturated heterocycles. The lowest BCUT2D eigenvalue weighted by Gasteiger charge is -2.30. The Morgan fingerprint density at radius 1 is 1.24 bits per heavy atom. The Morgan fingerprint density at radius 2 is 1.90 bits per heavy atom. The van der Waals surface area contributed by atoms with Crippen LogP contribution in [0, 0.1) is 0 Å². The standard InChI is InChI=1S/C14H23N3O4/c1-13(2)11(19)15-12(20)17(13)9-10(18)16-7-4-5-14(3,21)6-8-16/h21H,4-9H2,1-3H3,(H,15,19,20). The average Bonchev–Trinajstić information content (AvgIpc) is 2.54. The molecule has 2 fully saturated rings. The maximum atomic E-state index is 12.4. The Labute approximate surface area is 124 Å². The number of likely N-dealkylation sites (tertiary alicyclic amines) is 1. The molecule has 2 aliphatic rings. The van der Waals surface area contributed by atoms with Gasteiger partial charge in [0.1, 0.15) is 12.1 Å². The molecule has 1 unspecified atom stereocenters. The third-order valence-corrected chi connectivity index (χ3v) is 4.41. The maximum absolute atomic E-state index is 12.4. The zero-order valence-corrected chi connectivity index (χ0v) is 12.8. The van der Waals surface area contributed by atoms with Crippen molar-refractivity contribution in [2.24, 2.45) is 0 Å². The topological polar surface area (TPSA) is 89.9 Å². The van der Waals surface area contributed by atoms with Gasteiger partial charge in [0.2, 0.25) is 5.91 Å². The van der Waals surface area contributed by atoms with Gasteiger partial charge in [-0.1, -0.05) is 0 Å². The molecule has 2 aliphatic heterocycles. The molecule has 0 saturated carbocycles. The Balaban J connectivity index is 2.01. The molecule has 0 aromatic heterocycles. The van der Waals surface area contributed by atoms with Crippen LogP contribution >= 0.6 is 0 Å². The van der Waals surface area contributed by atoms with Crippen LogP contribution in [0.4, 0.5) is 4.79 Å². The van der Waals surface area contributed by atoms with Crippen LogP contribution < -0.4 is 5.32 Å². The first-order valence-corrected chi connectivity index (χ1v) is 7.27. The smallest absolute Gasteiger partial charge is 0.325 e. The van der Waals surface area contributed by atoms with E-state index in [1.165, 1.54) is 4.90 Å². The number of aliphatic hydroxyl groups is 1. The summed E-state index contributed by atoms with van der Waals surface area (Å²) >= 11 is 0. The number of hydrogen-bond acceptors (Lipinski definition) is 4. The fourth-order valence-corrected chi connectivity index (χ4v) is 2.71. The van der Waals surface area contributed by atoms with E-state index in [0.29, 0.717) is 25.9 Å². The third-order valence-electron chi connectivity index (χ3n) is 4.41. The average molecular weight is 297 g/mol. The molecule has 118 valence electrons. The second kappa shape index (κ2) is 5.29. The third kappa shape index (κ3) is 3.18. The van der Waals surface area contributed by atoms with Crippen molar-refractivity contribution >= 4 is 17.8 Å². The summed E-state index contributed by atoms with van der Waals surface area (Å²) in [5.41, 5.74) is -1.75. The molecule has 1 atom stereocenters. The lowest BCUT2D eigenvalue weighted by atomic mass is 9.98. The summed E-state index contributed by atoms with van der Waals surface area (Å²) in [6.07, 6.45) is 1.91. The van der Waals surface area contributed by atoms with Crippen LogP contribution in [0.2, 0.25) is 0 Å². The molecule has 2 N–H and O–H groups in total. The number of hydrogen-bond donors (Lipinski definition) is 2. The van der Waals surface area contributed by atoms with Crippen molar-refractivity contribution < 1.29 is 19.5 Å². The highest BCUT2D eigenvalue weighted by Gasteiger charge is 2.46. The van der Waals surface area contributed by atoms with Crippen molar-refractivity contribution in [2.45, 2.75) is 51.2 Å². The molecule has 7 heteroatoms. The number of carbonyl (C=O) groups is 3. The van der Waals surface area contributed by atoms with Gasteiger partial charge < -0.3 is 14.9 Å². The lowest BCUT2D eigenvalue weighted by molar-refractivity contribution is -0.133. The highest BCUT2D eigenvalue weighted by molar-refractivity contribution is 6.07. The summed E-state index contributed by atoms with van der Waals surface area (Å²) in [6, 6.07) is -0.528. The van der Waals surface area contributed by atoms with Crippen LogP contribution in [0.25, 0.3) is 0 Å². The normalized spacial score (nSPS) is 29.3. The number of imide groups is 1. The molecule has 2 rings (SSSR count). The van der Waals surface area contributed by atoms with E-state index in [4.69, 9.17) is 0 Å². The van der Waals surface area contributed by atoms with Crippen LogP contribution in [-0.4, -0.2) is 63.5 Å². The molecule has 4 amide bonds. The van der Waals surface area contributed by atoms with Gasteiger partial charge in [0.05, 0.1) is 5.60 Å². The van der Waals surface area contributed by atoms with E-state index in [1.54, 1.807) is 25.7 Å². The SMILES string of the molecule is CC1(O)CCCN(C(=O)CN2C(=O)NC(=O)C2(C)C)CC1. The predicted octanol–water partition coefficient (Wildman–Crippen LogP) is 0.0803. The first kappa shape index (κ1) is 15.8. The fraction of sp³-hybridized carbons (Fsp3) is 0.786. The van der Waals surface area contributed by atoms with Gasteiger partial charge in [0, 0.05) is 13.1 Å². The number of rotatable bonds is 2. The van der Waals surface area contributed by atoms with Crippen LogP contribution in [0.5, 0.6) is 0 Å². The number of amides is 4. The first-order valence-electron chi connectivity index (χ1n) is 7.27. The van der Waals surface area contributed by atoms with Gasteiger partial charge in [-0.05, 0) is 40.0 Å². The monoisotopic (exact) mass is 297 g/mol. The van der Waals surface area contributed by atoms with E-state index in [2.05, 4.69) is 5.32 Å². The van der Waals surface area contributed by atoms with Crippen LogP contribution in [0.15, 0.2) is 0 Å². The van der Waals surface area contributed by atoms with Crippen LogP contribution in [-0.2, 0) is 9.59 Å². The van der Waals surface area contributed by atoms with Gasteiger partial charge in [-0.2, -0.15) is 0 Å². The minimum Gasteiger partial charge on any atom is -0.390 e. The summed E-state index contributed by atoms with van der Waals surface area (Å²) in [6.45, 7) is 5.93. The summed E-state index contributed by atoms with van der Waals surface area (Å²) in [7, 11) is 0. The molecule has 0 aromatic carbocycles. The van der Waals surface area contributed by atoms with Crippen molar-refractivity contribution in [3.63, 3.8) is 0 Å². The summed E-state index contributed by atoms with van der Waals surface area (Å²) in [5.74, 6) is -0.579. The Morgan fingerprint density at radius 3 is 2.48 bits per heavy atom. The fourth-order valence-electron chi connectivity index (χ4n) is 2.71. The molecule has 7 nitrogen and oxygen atoms in total. The number of carbonyl (C=O) groups excluding carboxylic acids is 3. The highest BCUT2D eigenvalue weighted by atomic mass is 16.3. The van der Waals surface area contributed by atoms with Crippen molar-refractivity contribution in [3.8, 4) is 0 Å². The van der Waals surface area contributed by atoms with Crippen LogP contribution in [0.1, 0.15) is 40.0 Å². The van der Waals surface area contributed by atoms with Gasteiger partial charge in [0.15, 0.2) is 0 Å². The minimum absolute atomic E-state index is 0.118. The number of nitrogens with one attached hydrogen (secondary N) is 1. The van der Waals surface area contributed by atoms with Crippen molar-refractivity contribution in [1.82, 2.24) is 15.1 Å². The predicted molar refractivity (Wildman–Crippen MR) is 75.4 cm³/mol. The van der Waals surface area contributed by atoms with E-state index in [-0.39, 0.29) is 18.4 Å². The zero-order valence-electron chi connectivity index (χ0n) is 12.8. The van der Waals surface area contributed by atoms with E-state index < -0.39 is 17.2 Å². The quantitative estimate of drug-likeness (QED) is 0.706. The van der Waals surface area contributed by atoms with Gasteiger partial charge in [-0.25, -0.2) is 4.79 Å². The van der Waals surface area contributed by atoms with E-state index in [1.807, 2.05) is 0 Å². The molecular formula is C14H23N3O4. The molecule has 0 bridgehead atoms. The summed E-state index contributed by atoms with van der Waals surface area (Å²) in [4.78, 5) is 38.7. The van der Waals surface area contributed by atoms with Crippen molar-refractivity contribution in [1.29, 1.82) is 0 Å². The van der Waals surface area contributed by atoms with Crippen LogP contribution in [0.3, 0.4) is 0 Å². The largest absolute Gasteiger partial charge is 0.390 e. The van der Waals surface area contributed by atoms with Crippen molar-refractivity contribution in [2.75, 3.05) is 19.6 Å². The summed E-state index contributed by atoms with van der Waals surface area (Å²) < 4.78 is 0. The van der Waals surface area contributed by atoms with Gasteiger partial charge in [-0.15, -0.1) is 0 Å². The molecular weight excluding hydrogens is 274 g/mol. The molecule has 0 spiro atoms. The second-order valence-electron chi connectivity index (χ2n) is 6.64. The summed E-state index contributed by atoms with van der Waals surface area (Å²) in [5, 5.41) is 12.3. The van der Waals surface area contributed by atoms with E-state index in [0.717, 1.165) is 6.42 Å². The maximum Gasteiger partial charge on any atom is 0.325 e. The van der Waals surface area contributed by atoms with Gasteiger partial charge in [-0.3, -0.25) is 14.9 Å². The molecule has 0 aromatic rings. The highest BCUT2D eigenvalue weighted by Crippen LogP contribution is 2.23. The van der Waals surface area contributed by atoms with Gasteiger partial charge in [0.25, 0.3) is 5.91 Å². The first-order chi connectivity index (χ1) is 9.63. The Kier molecular flexibility index (Phi) is 3.97. The molecule has 21 heavy (non-hydrogen) atoms. The van der Waals surface area contributed by atoms with Crippen molar-refractivity contribution in [3.05, 3.63) is 0 Å². The minimum atomic E-state index is -1.01. The lowest BCUT2D eigenvalue weighted by Crippen LogP contribution is -2.50. The number of nitrogens with zero attached hydrogens (tertiary/aromatic N) is 2.